The number of aryl methyl sites for hydroxylation is 2. The molecule has 0 saturated carbocycles. The number of hydrogen-bond acceptors (Lipinski definition) is 5. The Bertz CT molecular complexity index is 660. The van der Waals surface area contributed by atoms with Crippen molar-refractivity contribution in [2.24, 2.45) is 7.05 Å². The second-order valence-electron chi connectivity index (χ2n) is 5.32. The van der Waals surface area contributed by atoms with Crippen LogP contribution in [0, 0.1) is 6.92 Å². The Kier molecular flexibility index (Phi) is 3.32. The maximum Gasteiger partial charge on any atom is 0.257 e. The van der Waals surface area contributed by atoms with Crippen molar-refractivity contribution in [3.8, 4) is 0 Å². The van der Waals surface area contributed by atoms with E-state index in [9.17, 15) is 4.79 Å². The zero-order valence-electron chi connectivity index (χ0n) is 12.2. The summed E-state index contributed by atoms with van der Waals surface area (Å²) in [6, 6.07) is 1.72. The minimum Gasteiger partial charge on any atom is -0.384 e. The minimum absolute atomic E-state index is 0.0135. The standard InChI is InChI=1S/C14H18N6O/c1-9-17-11(6-13(15)18-9)12-4-3-5-20(12)14(21)10-7-16-19(2)8-10/h6-8,12H,3-5H2,1-2H3,(H2,15,17,18)/t12-/m1/s1. The molecule has 1 saturated heterocycles. The molecule has 7 nitrogen and oxygen atoms in total. The average Bonchev–Trinajstić information content (AvgIpc) is 3.05. The Labute approximate surface area is 122 Å². The monoisotopic (exact) mass is 286 g/mol. The van der Waals surface area contributed by atoms with Crippen LogP contribution in [0.25, 0.3) is 0 Å². The van der Waals surface area contributed by atoms with Crippen molar-refractivity contribution in [3.05, 3.63) is 35.5 Å². The first-order valence-corrected chi connectivity index (χ1v) is 6.95. The molecule has 0 unspecified atom stereocenters. The van der Waals surface area contributed by atoms with E-state index < -0.39 is 0 Å². The van der Waals surface area contributed by atoms with E-state index in [1.807, 2.05) is 11.8 Å². The minimum atomic E-state index is -0.0401. The van der Waals surface area contributed by atoms with Gasteiger partial charge < -0.3 is 10.6 Å². The predicted octanol–water partition coefficient (Wildman–Crippen LogP) is 1.08. The van der Waals surface area contributed by atoms with Gasteiger partial charge in [-0.15, -0.1) is 0 Å². The molecule has 1 amide bonds. The number of nitrogens with zero attached hydrogens (tertiary/aromatic N) is 5. The van der Waals surface area contributed by atoms with Crippen molar-refractivity contribution in [1.29, 1.82) is 0 Å². The third-order valence-electron chi connectivity index (χ3n) is 3.68. The molecule has 3 heterocycles. The second kappa shape index (κ2) is 5.16. The lowest BCUT2D eigenvalue weighted by Crippen LogP contribution is -2.31. The highest BCUT2D eigenvalue weighted by molar-refractivity contribution is 5.94. The Morgan fingerprint density at radius 3 is 2.90 bits per heavy atom. The van der Waals surface area contributed by atoms with Crippen molar-refractivity contribution >= 4 is 11.7 Å². The van der Waals surface area contributed by atoms with Gasteiger partial charge in [0.1, 0.15) is 11.6 Å². The first-order valence-electron chi connectivity index (χ1n) is 6.95. The van der Waals surface area contributed by atoms with Crippen molar-refractivity contribution in [2.75, 3.05) is 12.3 Å². The van der Waals surface area contributed by atoms with Crippen LogP contribution in [0.3, 0.4) is 0 Å². The molecule has 21 heavy (non-hydrogen) atoms. The van der Waals surface area contributed by atoms with Gasteiger partial charge in [0.05, 0.1) is 23.5 Å². The second-order valence-corrected chi connectivity index (χ2v) is 5.32. The fourth-order valence-electron chi connectivity index (χ4n) is 2.80. The summed E-state index contributed by atoms with van der Waals surface area (Å²) in [5.41, 5.74) is 7.21. The maximum atomic E-state index is 12.6. The summed E-state index contributed by atoms with van der Waals surface area (Å²) in [7, 11) is 1.80. The number of carbonyl (C=O) groups excluding carboxylic acids is 1. The summed E-state index contributed by atoms with van der Waals surface area (Å²) in [6.07, 6.45) is 5.18. The smallest absolute Gasteiger partial charge is 0.257 e. The summed E-state index contributed by atoms with van der Waals surface area (Å²) < 4.78 is 1.63. The van der Waals surface area contributed by atoms with Crippen LogP contribution in [0.15, 0.2) is 18.5 Å². The van der Waals surface area contributed by atoms with Gasteiger partial charge in [-0.25, -0.2) is 9.97 Å². The molecular weight excluding hydrogens is 268 g/mol. The van der Waals surface area contributed by atoms with Crippen molar-refractivity contribution in [1.82, 2.24) is 24.6 Å². The molecule has 3 rings (SSSR count). The molecule has 2 N–H and O–H groups in total. The number of likely N-dealkylation sites (tertiary alicyclic amines) is 1. The first-order chi connectivity index (χ1) is 10.0. The first kappa shape index (κ1) is 13.5. The predicted molar refractivity (Wildman–Crippen MR) is 77.4 cm³/mol. The normalized spacial score (nSPS) is 18.2. The summed E-state index contributed by atoms with van der Waals surface area (Å²) in [6.45, 7) is 2.53. The Hall–Kier alpha value is -2.44. The molecule has 110 valence electrons. The van der Waals surface area contributed by atoms with E-state index in [0.29, 0.717) is 17.2 Å². The van der Waals surface area contributed by atoms with Crippen LogP contribution >= 0.6 is 0 Å². The molecule has 0 bridgehead atoms. The fraction of sp³-hybridized carbons (Fsp3) is 0.429. The average molecular weight is 286 g/mol. The molecule has 1 fully saturated rings. The Morgan fingerprint density at radius 2 is 2.24 bits per heavy atom. The van der Waals surface area contributed by atoms with Gasteiger partial charge in [-0.05, 0) is 19.8 Å². The molecule has 0 spiro atoms. The van der Waals surface area contributed by atoms with Crippen LogP contribution in [-0.2, 0) is 7.05 Å². The van der Waals surface area contributed by atoms with Crippen molar-refractivity contribution < 1.29 is 4.79 Å². The van der Waals surface area contributed by atoms with Gasteiger partial charge in [-0.2, -0.15) is 5.10 Å². The molecule has 2 aromatic heterocycles. The number of aromatic nitrogens is 4. The summed E-state index contributed by atoms with van der Waals surface area (Å²) in [5.74, 6) is 1.06. The van der Waals surface area contributed by atoms with Gasteiger partial charge in [0.15, 0.2) is 0 Å². The Balaban J connectivity index is 1.90. The molecule has 1 aliphatic heterocycles. The number of amides is 1. The zero-order valence-corrected chi connectivity index (χ0v) is 12.2. The number of carbonyl (C=O) groups is 1. The number of rotatable bonds is 2. The largest absolute Gasteiger partial charge is 0.384 e. The van der Waals surface area contributed by atoms with Gasteiger partial charge in [-0.3, -0.25) is 9.48 Å². The molecule has 2 aromatic rings. The highest BCUT2D eigenvalue weighted by atomic mass is 16.2. The van der Waals surface area contributed by atoms with E-state index in [1.165, 1.54) is 0 Å². The lowest BCUT2D eigenvalue weighted by Gasteiger charge is -2.24. The molecule has 0 aromatic carbocycles. The van der Waals surface area contributed by atoms with Crippen molar-refractivity contribution in [2.45, 2.75) is 25.8 Å². The quantitative estimate of drug-likeness (QED) is 0.892. The van der Waals surface area contributed by atoms with Gasteiger partial charge in [0, 0.05) is 25.9 Å². The number of nitrogens with two attached hydrogens (primary N) is 1. The topological polar surface area (TPSA) is 89.9 Å². The number of hydrogen-bond donors (Lipinski definition) is 1. The highest BCUT2D eigenvalue weighted by Gasteiger charge is 2.32. The van der Waals surface area contributed by atoms with Crippen LogP contribution in [0.1, 0.15) is 40.8 Å². The number of nitrogen functional groups attached to an aromatic ring is 1. The molecule has 1 atom stereocenters. The van der Waals surface area contributed by atoms with Crippen LogP contribution in [0.2, 0.25) is 0 Å². The summed E-state index contributed by atoms with van der Waals surface area (Å²) in [4.78, 5) is 23.0. The SMILES string of the molecule is Cc1nc(N)cc([C@H]2CCCN2C(=O)c2cnn(C)c2)n1. The van der Waals surface area contributed by atoms with Crippen molar-refractivity contribution in [3.63, 3.8) is 0 Å². The molecule has 7 heteroatoms. The van der Waals surface area contributed by atoms with E-state index in [1.54, 1.807) is 30.2 Å². The van der Waals surface area contributed by atoms with E-state index in [2.05, 4.69) is 15.1 Å². The maximum absolute atomic E-state index is 12.6. The molecular formula is C14H18N6O. The van der Waals surface area contributed by atoms with Crippen LogP contribution in [0.4, 0.5) is 5.82 Å². The number of anilines is 1. The van der Waals surface area contributed by atoms with Crippen LogP contribution in [0.5, 0.6) is 0 Å². The third-order valence-corrected chi connectivity index (χ3v) is 3.68. The van der Waals surface area contributed by atoms with E-state index >= 15 is 0 Å². The summed E-state index contributed by atoms with van der Waals surface area (Å²) >= 11 is 0. The fourth-order valence-corrected chi connectivity index (χ4v) is 2.80. The van der Waals surface area contributed by atoms with Gasteiger partial charge in [0.25, 0.3) is 5.91 Å². The van der Waals surface area contributed by atoms with Gasteiger partial charge in [0.2, 0.25) is 0 Å². The lowest BCUT2D eigenvalue weighted by molar-refractivity contribution is 0.0732. The molecule has 0 aliphatic carbocycles. The van der Waals surface area contributed by atoms with Crippen LogP contribution < -0.4 is 5.73 Å². The zero-order chi connectivity index (χ0) is 15.0. The molecule has 1 aliphatic rings. The van der Waals surface area contributed by atoms with Gasteiger partial charge in [-0.1, -0.05) is 0 Å². The highest BCUT2D eigenvalue weighted by Crippen LogP contribution is 2.32. The third kappa shape index (κ3) is 2.58. The van der Waals surface area contributed by atoms with E-state index in [0.717, 1.165) is 25.1 Å². The van der Waals surface area contributed by atoms with Crippen LogP contribution in [-0.4, -0.2) is 37.1 Å². The lowest BCUT2D eigenvalue weighted by atomic mass is 10.1. The van der Waals surface area contributed by atoms with Gasteiger partial charge >= 0.3 is 0 Å². The van der Waals surface area contributed by atoms with E-state index in [4.69, 9.17) is 5.73 Å². The molecule has 0 radical (unpaired) electrons. The summed E-state index contributed by atoms with van der Waals surface area (Å²) in [5, 5.41) is 4.06. The Morgan fingerprint density at radius 1 is 1.43 bits per heavy atom. The van der Waals surface area contributed by atoms with E-state index in [-0.39, 0.29) is 11.9 Å².